The third kappa shape index (κ3) is 4.34. The van der Waals surface area contributed by atoms with Crippen LogP contribution >= 0.6 is 0 Å². The molecular weight excluding hydrogens is 200 g/mol. The molecule has 16 heavy (non-hydrogen) atoms. The monoisotopic (exact) mass is 220 g/mol. The molecule has 0 spiro atoms. The third-order valence-corrected chi connectivity index (χ3v) is 2.56. The number of nitrogens with one attached hydrogen (secondary N) is 2. The summed E-state index contributed by atoms with van der Waals surface area (Å²) in [6.45, 7) is 6.66. The average Bonchev–Trinajstić information content (AvgIpc) is 2.28. The third-order valence-electron chi connectivity index (χ3n) is 2.56. The van der Waals surface area contributed by atoms with Gasteiger partial charge >= 0.3 is 6.03 Å². The number of carbonyl (C=O) groups excluding carboxylic acids is 1. The lowest BCUT2D eigenvalue weighted by molar-refractivity contribution is 0.237. The Balaban J connectivity index is 2.34. The van der Waals surface area contributed by atoms with E-state index in [0.717, 1.165) is 12.0 Å². The molecule has 0 aliphatic heterocycles. The van der Waals surface area contributed by atoms with Gasteiger partial charge in [-0.15, -0.1) is 0 Å². The van der Waals surface area contributed by atoms with Crippen LogP contribution in [0, 0.1) is 6.92 Å². The van der Waals surface area contributed by atoms with Crippen LogP contribution in [0.4, 0.5) is 4.79 Å². The number of aryl methyl sites for hydroxylation is 1. The summed E-state index contributed by atoms with van der Waals surface area (Å²) in [6.07, 6.45) is 0.942. The molecule has 0 saturated heterocycles. The van der Waals surface area contributed by atoms with Crippen molar-refractivity contribution in [2.75, 3.05) is 0 Å². The zero-order valence-electron chi connectivity index (χ0n) is 10.2. The van der Waals surface area contributed by atoms with E-state index in [1.165, 1.54) is 5.56 Å². The van der Waals surface area contributed by atoms with Gasteiger partial charge in [-0.25, -0.2) is 4.79 Å². The van der Waals surface area contributed by atoms with Gasteiger partial charge in [-0.3, -0.25) is 0 Å². The largest absolute Gasteiger partial charge is 0.336 e. The Morgan fingerprint density at radius 2 is 1.94 bits per heavy atom. The maximum Gasteiger partial charge on any atom is 0.315 e. The first-order valence-electron chi connectivity index (χ1n) is 5.71. The Bertz CT molecular complexity index is 332. The van der Waals surface area contributed by atoms with Gasteiger partial charge in [0.15, 0.2) is 0 Å². The normalized spacial score (nSPS) is 11.9. The molecule has 1 atom stereocenters. The maximum atomic E-state index is 11.4. The van der Waals surface area contributed by atoms with Gasteiger partial charge in [0, 0.05) is 12.6 Å². The van der Waals surface area contributed by atoms with E-state index in [1.54, 1.807) is 0 Å². The summed E-state index contributed by atoms with van der Waals surface area (Å²) in [5.41, 5.74) is 2.35. The lowest BCUT2D eigenvalue weighted by Crippen LogP contribution is -2.40. The Morgan fingerprint density at radius 3 is 2.50 bits per heavy atom. The zero-order valence-corrected chi connectivity index (χ0v) is 10.2. The van der Waals surface area contributed by atoms with E-state index in [9.17, 15) is 4.79 Å². The zero-order chi connectivity index (χ0) is 12.0. The van der Waals surface area contributed by atoms with Crippen LogP contribution in [0.25, 0.3) is 0 Å². The minimum Gasteiger partial charge on any atom is -0.336 e. The Labute approximate surface area is 97.2 Å². The number of hydrogen-bond donors (Lipinski definition) is 2. The van der Waals surface area contributed by atoms with Gasteiger partial charge in [0.25, 0.3) is 0 Å². The molecule has 1 aromatic rings. The molecule has 0 bridgehead atoms. The predicted molar refractivity (Wildman–Crippen MR) is 66.3 cm³/mol. The summed E-state index contributed by atoms with van der Waals surface area (Å²) in [6, 6.07) is 8.26. The summed E-state index contributed by atoms with van der Waals surface area (Å²) < 4.78 is 0. The second-order valence-electron chi connectivity index (χ2n) is 4.12. The van der Waals surface area contributed by atoms with Gasteiger partial charge in [-0.2, -0.15) is 0 Å². The van der Waals surface area contributed by atoms with Crippen molar-refractivity contribution in [3.8, 4) is 0 Å². The molecule has 0 aliphatic rings. The van der Waals surface area contributed by atoms with Gasteiger partial charge in [0.05, 0.1) is 0 Å². The molecule has 0 aliphatic carbocycles. The first kappa shape index (κ1) is 12.6. The van der Waals surface area contributed by atoms with Crippen LogP contribution in [-0.4, -0.2) is 12.1 Å². The molecule has 88 valence electrons. The predicted octanol–water partition coefficient (Wildman–Crippen LogP) is 2.59. The fourth-order valence-electron chi connectivity index (χ4n) is 1.27. The molecular formula is C13H20N2O. The molecule has 0 unspecified atom stereocenters. The number of benzene rings is 1. The van der Waals surface area contributed by atoms with E-state index >= 15 is 0 Å². The van der Waals surface area contributed by atoms with E-state index in [2.05, 4.69) is 10.6 Å². The molecule has 1 aromatic carbocycles. The smallest absolute Gasteiger partial charge is 0.315 e. The highest BCUT2D eigenvalue weighted by atomic mass is 16.2. The van der Waals surface area contributed by atoms with Crippen molar-refractivity contribution in [3.05, 3.63) is 35.4 Å². The number of urea groups is 1. The lowest BCUT2D eigenvalue weighted by Gasteiger charge is -2.12. The minimum atomic E-state index is -0.102. The highest BCUT2D eigenvalue weighted by molar-refractivity contribution is 5.74. The number of amides is 2. The van der Waals surface area contributed by atoms with Gasteiger partial charge in [0.1, 0.15) is 0 Å². The van der Waals surface area contributed by atoms with Crippen LogP contribution in [-0.2, 0) is 6.54 Å². The molecule has 2 amide bonds. The van der Waals surface area contributed by atoms with Crippen LogP contribution in [0.1, 0.15) is 31.4 Å². The van der Waals surface area contributed by atoms with Crippen LogP contribution in [0.5, 0.6) is 0 Å². The molecule has 1 rings (SSSR count). The Kier molecular flexibility index (Phi) is 4.83. The molecule has 0 radical (unpaired) electrons. The van der Waals surface area contributed by atoms with E-state index in [-0.39, 0.29) is 12.1 Å². The maximum absolute atomic E-state index is 11.4. The van der Waals surface area contributed by atoms with Crippen LogP contribution < -0.4 is 10.6 Å². The van der Waals surface area contributed by atoms with Crippen molar-refractivity contribution in [1.82, 2.24) is 10.6 Å². The quantitative estimate of drug-likeness (QED) is 0.804. The van der Waals surface area contributed by atoms with Crippen LogP contribution in [0.3, 0.4) is 0 Å². The SMILES string of the molecule is CC[C@@H](C)NC(=O)NCc1ccc(C)cc1. The molecule has 2 N–H and O–H groups in total. The second kappa shape index (κ2) is 6.16. The average molecular weight is 220 g/mol. The number of rotatable bonds is 4. The fourth-order valence-corrected chi connectivity index (χ4v) is 1.27. The summed E-state index contributed by atoms with van der Waals surface area (Å²) in [5, 5.41) is 5.69. The summed E-state index contributed by atoms with van der Waals surface area (Å²) in [5.74, 6) is 0. The second-order valence-corrected chi connectivity index (χ2v) is 4.12. The topological polar surface area (TPSA) is 41.1 Å². The van der Waals surface area contributed by atoms with E-state index in [4.69, 9.17) is 0 Å². The summed E-state index contributed by atoms with van der Waals surface area (Å²) >= 11 is 0. The highest BCUT2D eigenvalue weighted by Crippen LogP contribution is 2.02. The summed E-state index contributed by atoms with van der Waals surface area (Å²) in [4.78, 5) is 11.4. The van der Waals surface area contributed by atoms with E-state index in [1.807, 2.05) is 45.0 Å². The first-order chi connectivity index (χ1) is 7.61. The Hall–Kier alpha value is -1.51. The standard InChI is InChI=1S/C13H20N2O/c1-4-11(3)15-13(16)14-9-12-7-5-10(2)6-8-12/h5-8,11H,4,9H2,1-3H3,(H2,14,15,16)/t11-/m1/s1. The Morgan fingerprint density at radius 1 is 1.31 bits per heavy atom. The molecule has 0 heterocycles. The van der Waals surface area contributed by atoms with Gasteiger partial charge in [0.2, 0.25) is 0 Å². The number of hydrogen-bond acceptors (Lipinski definition) is 1. The number of carbonyl (C=O) groups is 1. The van der Waals surface area contributed by atoms with Crippen molar-refractivity contribution in [3.63, 3.8) is 0 Å². The van der Waals surface area contributed by atoms with Crippen molar-refractivity contribution >= 4 is 6.03 Å². The first-order valence-corrected chi connectivity index (χ1v) is 5.71. The molecule has 0 saturated carbocycles. The lowest BCUT2D eigenvalue weighted by atomic mass is 10.1. The molecule has 3 heteroatoms. The van der Waals surface area contributed by atoms with E-state index < -0.39 is 0 Å². The molecule has 0 fully saturated rings. The summed E-state index contributed by atoms with van der Waals surface area (Å²) in [7, 11) is 0. The van der Waals surface area contributed by atoms with Crippen LogP contribution in [0.2, 0.25) is 0 Å². The fraction of sp³-hybridized carbons (Fsp3) is 0.462. The van der Waals surface area contributed by atoms with Gasteiger partial charge < -0.3 is 10.6 Å². The van der Waals surface area contributed by atoms with Crippen molar-refractivity contribution in [1.29, 1.82) is 0 Å². The minimum absolute atomic E-state index is 0.102. The van der Waals surface area contributed by atoms with Crippen molar-refractivity contribution in [2.24, 2.45) is 0 Å². The molecule has 0 aromatic heterocycles. The van der Waals surface area contributed by atoms with Gasteiger partial charge in [-0.1, -0.05) is 36.8 Å². The van der Waals surface area contributed by atoms with Gasteiger partial charge in [-0.05, 0) is 25.8 Å². The van der Waals surface area contributed by atoms with Crippen LogP contribution in [0.15, 0.2) is 24.3 Å². The van der Waals surface area contributed by atoms with Crippen molar-refractivity contribution < 1.29 is 4.79 Å². The van der Waals surface area contributed by atoms with E-state index in [0.29, 0.717) is 6.54 Å². The molecule has 3 nitrogen and oxygen atoms in total. The van der Waals surface area contributed by atoms with Crippen molar-refractivity contribution in [2.45, 2.75) is 39.8 Å². The highest BCUT2D eigenvalue weighted by Gasteiger charge is 2.03.